The molecule has 0 aliphatic carbocycles. The van der Waals surface area contributed by atoms with E-state index in [2.05, 4.69) is 0 Å². The highest BCUT2D eigenvalue weighted by molar-refractivity contribution is 5.37. The Morgan fingerprint density at radius 1 is 0.733 bits per heavy atom. The van der Waals surface area contributed by atoms with Crippen LogP contribution in [0.2, 0.25) is 0 Å². The number of rotatable bonds is 6. The first-order valence-corrected chi connectivity index (χ1v) is 10.3. The molecule has 0 saturated heterocycles. The molecule has 1 heterocycles. The van der Waals surface area contributed by atoms with Gasteiger partial charge in [0.2, 0.25) is 5.88 Å². The lowest BCUT2D eigenvalue weighted by Gasteiger charge is -2.21. The number of nitrogens with zero attached hydrogens (tertiary/aromatic N) is 2. The number of hydrogen-bond donors (Lipinski definition) is 1. The maximum Gasteiger partial charge on any atom is 0.332 e. The Labute approximate surface area is 176 Å². The van der Waals surface area contributed by atoms with Crippen molar-refractivity contribution in [2.24, 2.45) is 0 Å². The number of aromatic hydroxyl groups is 1. The van der Waals surface area contributed by atoms with Crippen molar-refractivity contribution in [2.75, 3.05) is 0 Å². The molecule has 0 bridgehead atoms. The van der Waals surface area contributed by atoms with Crippen molar-refractivity contribution in [3.63, 3.8) is 0 Å². The molecule has 0 unspecified atom stereocenters. The zero-order chi connectivity index (χ0) is 21.1. The first-order chi connectivity index (χ1) is 14.6. The van der Waals surface area contributed by atoms with Gasteiger partial charge in [0.1, 0.15) is 0 Å². The third-order valence-electron chi connectivity index (χ3n) is 5.41. The minimum atomic E-state index is -0.329. The molecule has 0 fully saturated rings. The second-order valence-corrected chi connectivity index (χ2v) is 7.77. The van der Waals surface area contributed by atoms with Crippen LogP contribution >= 0.6 is 0 Å². The van der Waals surface area contributed by atoms with Crippen molar-refractivity contribution in [3.05, 3.63) is 124 Å². The van der Waals surface area contributed by atoms with Gasteiger partial charge in [-0.2, -0.15) is 0 Å². The van der Waals surface area contributed by atoms with Gasteiger partial charge in [0.15, 0.2) is 0 Å². The van der Waals surface area contributed by atoms with E-state index in [4.69, 9.17) is 0 Å². The van der Waals surface area contributed by atoms with Gasteiger partial charge in [-0.25, -0.2) is 4.79 Å². The second-order valence-electron chi connectivity index (χ2n) is 7.77. The highest BCUT2D eigenvalue weighted by Crippen LogP contribution is 2.32. The van der Waals surface area contributed by atoms with Crippen LogP contribution in [0.4, 0.5) is 0 Å². The molecule has 3 aromatic carbocycles. The molecular formula is C26H26N2O2. The molecule has 1 N–H and O–H groups in total. The molecule has 152 valence electrons. The Kier molecular flexibility index (Phi) is 5.57. The number of aromatic nitrogens is 2. The summed E-state index contributed by atoms with van der Waals surface area (Å²) in [5, 5.41) is 11.1. The zero-order valence-corrected chi connectivity index (χ0v) is 17.3. The van der Waals surface area contributed by atoms with Crippen molar-refractivity contribution >= 4 is 0 Å². The molecule has 0 aliphatic heterocycles. The molecule has 1 aromatic heterocycles. The fraction of sp³-hybridized carbons (Fsp3) is 0.192. The largest absolute Gasteiger partial charge is 0.493 e. The predicted molar refractivity (Wildman–Crippen MR) is 120 cm³/mol. The first-order valence-electron chi connectivity index (χ1n) is 10.3. The van der Waals surface area contributed by atoms with E-state index in [-0.39, 0.29) is 23.7 Å². The summed E-state index contributed by atoms with van der Waals surface area (Å²) in [5.41, 5.74) is 3.47. The van der Waals surface area contributed by atoms with Gasteiger partial charge >= 0.3 is 5.69 Å². The predicted octanol–water partition coefficient (Wildman–Crippen LogP) is 5.16. The minimum Gasteiger partial charge on any atom is -0.493 e. The Bertz CT molecular complexity index is 1120. The first kappa shape index (κ1) is 19.8. The highest BCUT2D eigenvalue weighted by Gasteiger charge is 2.28. The zero-order valence-electron chi connectivity index (χ0n) is 17.3. The van der Waals surface area contributed by atoms with Crippen LogP contribution in [0.1, 0.15) is 48.3 Å². The second kappa shape index (κ2) is 8.46. The summed E-state index contributed by atoms with van der Waals surface area (Å²) in [4.78, 5) is 13.6. The third kappa shape index (κ3) is 3.69. The van der Waals surface area contributed by atoms with Crippen molar-refractivity contribution in [2.45, 2.75) is 32.4 Å². The van der Waals surface area contributed by atoms with Crippen LogP contribution < -0.4 is 5.69 Å². The summed E-state index contributed by atoms with van der Waals surface area (Å²) >= 11 is 0. The molecule has 0 radical (unpaired) electrons. The van der Waals surface area contributed by atoms with Gasteiger partial charge in [-0.1, -0.05) is 91.0 Å². The molecule has 30 heavy (non-hydrogen) atoms. The van der Waals surface area contributed by atoms with E-state index in [1.165, 1.54) is 4.57 Å². The van der Waals surface area contributed by atoms with E-state index < -0.39 is 0 Å². The third-order valence-corrected chi connectivity index (χ3v) is 5.41. The van der Waals surface area contributed by atoms with E-state index in [9.17, 15) is 9.90 Å². The average Bonchev–Trinajstić information content (AvgIpc) is 3.01. The Morgan fingerprint density at radius 3 is 1.67 bits per heavy atom. The standard InChI is InChI=1S/C26H26N2O2/c1-19(2)27-25(29)23(18-20-12-6-3-7-13-20)28(26(27)30)24(21-14-8-4-9-15-21)22-16-10-5-11-17-22/h3-17,19,24,29H,18H2,1-2H3. The molecule has 0 amide bonds. The molecule has 0 aliphatic rings. The van der Waals surface area contributed by atoms with E-state index in [1.807, 2.05) is 105 Å². The molecule has 4 rings (SSSR count). The lowest BCUT2D eigenvalue weighted by molar-refractivity contribution is 0.391. The monoisotopic (exact) mass is 398 g/mol. The van der Waals surface area contributed by atoms with Gasteiger partial charge in [-0.15, -0.1) is 0 Å². The number of benzene rings is 3. The maximum atomic E-state index is 13.6. The SMILES string of the molecule is CC(C)n1c(O)c(Cc2ccccc2)n(C(c2ccccc2)c2ccccc2)c1=O. The van der Waals surface area contributed by atoms with Crippen LogP contribution in [-0.4, -0.2) is 14.2 Å². The van der Waals surface area contributed by atoms with E-state index >= 15 is 0 Å². The quantitative estimate of drug-likeness (QED) is 0.487. The summed E-state index contributed by atoms with van der Waals surface area (Å²) in [6, 6.07) is 29.4. The number of imidazole rings is 1. The summed E-state index contributed by atoms with van der Waals surface area (Å²) in [6.45, 7) is 3.83. The van der Waals surface area contributed by atoms with Crippen LogP contribution in [0.15, 0.2) is 95.8 Å². The van der Waals surface area contributed by atoms with Crippen LogP contribution in [0.3, 0.4) is 0 Å². The summed E-state index contributed by atoms with van der Waals surface area (Å²) in [6.07, 6.45) is 0.470. The molecule has 4 nitrogen and oxygen atoms in total. The minimum absolute atomic E-state index is 0.0377. The fourth-order valence-corrected chi connectivity index (χ4v) is 4.02. The van der Waals surface area contributed by atoms with Gasteiger partial charge < -0.3 is 5.11 Å². The van der Waals surface area contributed by atoms with Crippen LogP contribution in [0, 0.1) is 0 Å². The Hall–Kier alpha value is -3.53. The van der Waals surface area contributed by atoms with Crippen molar-refractivity contribution in [1.82, 2.24) is 9.13 Å². The van der Waals surface area contributed by atoms with Crippen LogP contribution in [0.25, 0.3) is 0 Å². The topological polar surface area (TPSA) is 47.2 Å². The van der Waals surface area contributed by atoms with E-state index in [1.54, 1.807) is 4.57 Å². The summed E-state index contributed by atoms with van der Waals surface area (Å²) in [5.74, 6) is 0.0377. The van der Waals surface area contributed by atoms with Crippen molar-refractivity contribution < 1.29 is 5.11 Å². The van der Waals surface area contributed by atoms with E-state index in [0.29, 0.717) is 12.1 Å². The van der Waals surface area contributed by atoms with Gasteiger partial charge in [0.25, 0.3) is 0 Å². The smallest absolute Gasteiger partial charge is 0.332 e. The van der Waals surface area contributed by atoms with Crippen molar-refractivity contribution in [1.29, 1.82) is 0 Å². The molecular weight excluding hydrogens is 372 g/mol. The summed E-state index contributed by atoms with van der Waals surface area (Å²) < 4.78 is 3.24. The van der Waals surface area contributed by atoms with Crippen LogP contribution in [-0.2, 0) is 6.42 Å². The lowest BCUT2D eigenvalue weighted by atomic mass is 9.97. The summed E-state index contributed by atoms with van der Waals surface area (Å²) in [7, 11) is 0. The van der Waals surface area contributed by atoms with Crippen molar-refractivity contribution in [3.8, 4) is 5.88 Å². The average molecular weight is 399 g/mol. The molecule has 0 saturated carbocycles. The molecule has 4 aromatic rings. The van der Waals surface area contributed by atoms with Gasteiger partial charge in [0, 0.05) is 12.5 Å². The van der Waals surface area contributed by atoms with Gasteiger partial charge in [-0.3, -0.25) is 9.13 Å². The molecule has 0 spiro atoms. The van der Waals surface area contributed by atoms with E-state index in [0.717, 1.165) is 16.7 Å². The van der Waals surface area contributed by atoms with Gasteiger partial charge in [-0.05, 0) is 30.5 Å². The molecule has 0 atom stereocenters. The highest BCUT2D eigenvalue weighted by atomic mass is 16.3. The fourth-order valence-electron chi connectivity index (χ4n) is 4.02. The number of hydrogen-bond acceptors (Lipinski definition) is 2. The maximum absolute atomic E-state index is 13.6. The Balaban J connectivity index is 1.99. The lowest BCUT2D eigenvalue weighted by Crippen LogP contribution is -2.30. The normalized spacial score (nSPS) is 11.3. The molecule has 4 heteroatoms. The Morgan fingerprint density at radius 2 is 1.20 bits per heavy atom. The van der Waals surface area contributed by atoms with Gasteiger partial charge in [0.05, 0.1) is 11.7 Å². The van der Waals surface area contributed by atoms with Crippen LogP contribution in [0.5, 0.6) is 5.88 Å².